The predicted molar refractivity (Wildman–Crippen MR) is 94.8 cm³/mol. The minimum Gasteiger partial charge on any atom is -0.330 e. The molecule has 1 aliphatic heterocycles. The molecule has 3 rings (SSSR count). The fourth-order valence-electron chi connectivity index (χ4n) is 2.79. The van der Waals surface area contributed by atoms with Crippen LogP contribution in [-0.4, -0.2) is 23.0 Å². The van der Waals surface area contributed by atoms with Gasteiger partial charge in [-0.3, -0.25) is 4.79 Å². The first-order valence-corrected chi connectivity index (χ1v) is 8.55. The first-order valence-electron chi connectivity index (χ1n) is 7.73. The maximum atomic E-state index is 13.6. The van der Waals surface area contributed by atoms with E-state index in [2.05, 4.69) is 5.10 Å². The summed E-state index contributed by atoms with van der Waals surface area (Å²) in [4.78, 5) is 11.1. The number of thioether (sulfide) groups is 1. The molecule has 0 bridgehead atoms. The van der Waals surface area contributed by atoms with Crippen molar-refractivity contribution in [2.45, 2.75) is 17.7 Å². The topological polar surface area (TPSA) is 58.7 Å². The van der Waals surface area contributed by atoms with Crippen LogP contribution in [0.3, 0.4) is 0 Å². The molecule has 0 spiro atoms. The number of rotatable bonds is 6. The van der Waals surface area contributed by atoms with Crippen molar-refractivity contribution >= 4 is 23.2 Å². The Bertz CT molecular complexity index is 753. The third-order valence-corrected chi connectivity index (χ3v) is 5.43. The number of carbonyl (C=O) groups excluding carboxylic acids is 1. The van der Waals surface area contributed by atoms with Gasteiger partial charge in [-0.25, -0.2) is 9.40 Å². The van der Waals surface area contributed by atoms with Gasteiger partial charge in [0.15, 0.2) is 0 Å². The van der Waals surface area contributed by atoms with Crippen molar-refractivity contribution in [3.8, 4) is 0 Å². The summed E-state index contributed by atoms with van der Waals surface area (Å²) in [6.07, 6.45) is 2.14. The molecule has 2 aromatic carbocycles. The molecule has 0 aromatic heterocycles. The minimum atomic E-state index is -0.649. The Morgan fingerprint density at radius 2 is 2.00 bits per heavy atom. The Labute approximate surface area is 144 Å². The molecule has 0 radical (unpaired) electrons. The van der Waals surface area contributed by atoms with Crippen LogP contribution in [0, 0.1) is 5.82 Å². The van der Waals surface area contributed by atoms with Crippen molar-refractivity contribution in [3.05, 3.63) is 71.5 Å². The van der Waals surface area contributed by atoms with E-state index in [0.717, 1.165) is 18.4 Å². The largest absolute Gasteiger partial charge is 0.330 e. The summed E-state index contributed by atoms with van der Waals surface area (Å²) in [6, 6.07) is 16.0. The number of carbonyl (C=O) groups is 1. The van der Waals surface area contributed by atoms with Crippen molar-refractivity contribution < 1.29 is 9.18 Å². The van der Waals surface area contributed by atoms with Crippen molar-refractivity contribution in [3.63, 3.8) is 0 Å². The van der Waals surface area contributed by atoms with E-state index < -0.39 is 4.87 Å². The number of amides is 1. The average Bonchev–Trinajstić information content (AvgIpc) is 3.01. The van der Waals surface area contributed by atoms with Crippen molar-refractivity contribution in [2.75, 3.05) is 6.54 Å². The number of hydrogen-bond acceptors (Lipinski definition) is 4. The third-order valence-electron chi connectivity index (χ3n) is 3.95. The van der Waals surface area contributed by atoms with E-state index in [1.54, 1.807) is 12.1 Å². The van der Waals surface area contributed by atoms with E-state index in [9.17, 15) is 9.18 Å². The van der Waals surface area contributed by atoms with E-state index in [0.29, 0.717) is 23.6 Å². The summed E-state index contributed by atoms with van der Waals surface area (Å²) in [5.41, 5.74) is 7.33. The summed E-state index contributed by atoms with van der Waals surface area (Å²) < 4.78 is 13.6. The lowest BCUT2D eigenvalue weighted by atomic mass is 10.0. The first-order chi connectivity index (χ1) is 11.7. The number of halogens is 1. The lowest BCUT2D eigenvalue weighted by Crippen LogP contribution is -2.37. The molecular weight excluding hydrogens is 325 g/mol. The van der Waals surface area contributed by atoms with Crippen LogP contribution in [-0.2, 0) is 9.67 Å². The normalized spacial score (nSPS) is 20.1. The summed E-state index contributed by atoms with van der Waals surface area (Å²) in [5.74, 6) is -0.326. The number of nitrogens with zero attached hydrogens (tertiary/aromatic N) is 2. The van der Waals surface area contributed by atoms with E-state index in [1.807, 2.05) is 30.3 Å². The summed E-state index contributed by atoms with van der Waals surface area (Å²) in [5, 5.41) is 6.50. The fourth-order valence-corrected chi connectivity index (χ4v) is 4.17. The summed E-state index contributed by atoms with van der Waals surface area (Å²) >= 11 is 1.47. The molecule has 0 aliphatic carbocycles. The average molecular weight is 343 g/mol. The molecule has 0 saturated carbocycles. The van der Waals surface area contributed by atoms with E-state index in [-0.39, 0.29) is 5.82 Å². The molecule has 124 valence electrons. The van der Waals surface area contributed by atoms with Crippen LogP contribution >= 0.6 is 11.8 Å². The monoisotopic (exact) mass is 343 g/mol. The Hall–Kier alpha value is -2.18. The molecule has 24 heavy (non-hydrogen) atoms. The van der Waals surface area contributed by atoms with Gasteiger partial charge in [-0.05, 0) is 37.1 Å². The third kappa shape index (κ3) is 3.07. The maximum Gasteiger partial charge on any atom is 0.231 e. The Morgan fingerprint density at radius 1 is 1.21 bits per heavy atom. The van der Waals surface area contributed by atoms with Gasteiger partial charge in [-0.15, -0.1) is 0 Å². The fraction of sp³-hybridized carbons (Fsp3) is 0.222. The number of nitrogens with two attached hydrogens (primary N) is 1. The highest BCUT2D eigenvalue weighted by molar-refractivity contribution is 8.15. The zero-order valence-electron chi connectivity index (χ0n) is 13.1. The number of hydrazone groups is 1. The SMILES string of the molecule is NCCCC1(c2ccccc2)SC(c2cccc(F)c2)=NN1C=O. The van der Waals surface area contributed by atoms with E-state index >= 15 is 0 Å². The second-order valence-electron chi connectivity index (χ2n) is 5.51. The van der Waals surface area contributed by atoms with Gasteiger partial charge in [-0.1, -0.05) is 54.2 Å². The molecule has 0 saturated heterocycles. The lowest BCUT2D eigenvalue weighted by Gasteiger charge is -2.33. The highest BCUT2D eigenvalue weighted by Crippen LogP contribution is 2.49. The van der Waals surface area contributed by atoms with Gasteiger partial charge in [-0.2, -0.15) is 5.10 Å². The lowest BCUT2D eigenvalue weighted by molar-refractivity contribution is -0.121. The quantitative estimate of drug-likeness (QED) is 0.819. The molecule has 4 nitrogen and oxygen atoms in total. The highest BCUT2D eigenvalue weighted by Gasteiger charge is 2.45. The Kier molecular flexibility index (Phi) is 4.97. The standard InChI is InChI=1S/C18H18FN3OS/c19-16-9-4-6-14(12-16)17-21-22(13-23)18(24-17,10-5-11-20)15-7-2-1-3-8-15/h1-4,6-9,12-13H,5,10-11,20H2. The van der Waals surface area contributed by atoms with Crippen LogP contribution in [0.2, 0.25) is 0 Å². The van der Waals surface area contributed by atoms with Gasteiger partial charge < -0.3 is 5.73 Å². The van der Waals surface area contributed by atoms with Crippen LogP contribution in [0.1, 0.15) is 24.0 Å². The van der Waals surface area contributed by atoms with Crippen LogP contribution in [0.5, 0.6) is 0 Å². The molecule has 1 atom stereocenters. The smallest absolute Gasteiger partial charge is 0.231 e. The second-order valence-corrected chi connectivity index (χ2v) is 6.78. The number of benzene rings is 2. The van der Waals surface area contributed by atoms with Gasteiger partial charge in [0.25, 0.3) is 0 Å². The van der Waals surface area contributed by atoms with Gasteiger partial charge >= 0.3 is 0 Å². The Morgan fingerprint density at radius 3 is 2.67 bits per heavy atom. The van der Waals surface area contributed by atoms with Gasteiger partial charge in [0.2, 0.25) is 6.41 Å². The molecule has 0 fully saturated rings. The van der Waals surface area contributed by atoms with E-state index in [4.69, 9.17) is 5.73 Å². The van der Waals surface area contributed by atoms with Gasteiger partial charge in [0.05, 0.1) is 0 Å². The molecule has 2 N–H and O–H groups in total. The zero-order valence-corrected chi connectivity index (χ0v) is 13.9. The van der Waals surface area contributed by atoms with E-state index in [1.165, 1.54) is 28.9 Å². The van der Waals surface area contributed by atoms with Gasteiger partial charge in [0, 0.05) is 5.56 Å². The molecule has 1 amide bonds. The van der Waals surface area contributed by atoms with Crippen LogP contribution in [0.15, 0.2) is 59.7 Å². The summed E-state index contributed by atoms with van der Waals surface area (Å²) in [6.45, 7) is 0.525. The maximum absolute atomic E-state index is 13.6. The molecule has 6 heteroatoms. The zero-order chi connectivity index (χ0) is 17.0. The number of hydrogen-bond donors (Lipinski definition) is 1. The second kappa shape index (κ2) is 7.15. The van der Waals surface area contributed by atoms with Crippen molar-refractivity contribution in [2.24, 2.45) is 10.8 Å². The minimum absolute atomic E-state index is 0.326. The first kappa shape index (κ1) is 16.7. The van der Waals surface area contributed by atoms with Crippen molar-refractivity contribution in [1.82, 2.24) is 5.01 Å². The van der Waals surface area contributed by atoms with Gasteiger partial charge in [0.1, 0.15) is 15.7 Å². The van der Waals surface area contributed by atoms with Crippen LogP contribution in [0.4, 0.5) is 4.39 Å². The van der Waals surface area contributed by atoms with Crippen molar-refractivity contribution in [1.29, 1.82) is 0 Å². The summed E-state index contributed by atoms with van der Waals surface area (Å²) in [7, 11) is 0. The molecule has 1 unspecified atom stereocenters. The highest BCUT2D eigenvalue weighted by atomic mass is 32.2. The van der Waals surface area contributed by atoms with Crippen LogP contribution < -0.4 is 5.73 Å². The van der Waals surface area contributed by atoms with Crippen LogP contribution in [0.25, 0.3) is 0 Å². The molecular formula is C18H18FN3OS. The molecule has 1 heterocycles. The molecule has 1 aliphatic rings. The predicted octanol–water partition coefficient (Wildman–Crippen LogP) is 3.28. The molecule has 2 aromatic rings. The Balaban J connectivity index is 2.02.